The van der Waals surface area contributed by atoms with E-state index in [-0.39, 0.29) is 11.7 Å². The van der Waals surface area contributed by atoms with E-state index in [4.69, 9.17) is 4.74 Å². The average Bonchev–Trinajstić information content (AvgIpc) is 2.93. The third-order valence-electron chi connectivity index (χ3n) is 4.87. The van der Waals surface area contributed by atoms with Gasteiger partial charge in [-0.15, -0.1) is 0 Å². The van der Waals surface area contributed by atoms with Crippen molar-refractivity contribution >= 4 is 0 Å². The van der Waals surface area contributed by atoms with Crippen LogP contribution in [0.2, 0.25) is 0 Å². The molecular formula is C15H27NO2. The molecule has 0 aromatic carbocycles. The van der Waals surface area contributed by atoms with Crippen molar-refractivity contribution in [2.24, 2.45) is 0 Å². The maximum Gasteiger partial charge on any atom is 0.0768 e. The largest absolute Gasteiger partial charge is 0.389 e. The molecule has 2 aliphatic carbocycles. The first-order valence-electron chi connectivity index (χ1n) is 7.71. The second kappa shape index (κ2) is 4.77. The molecule has 0 amide bonds. The van der Waals surface area contributed by atoms with E-state index >= 15 is 0 Å². The lowest BCUT2D eigenvalue weighted by molar-refractivity contribution is -0.0706. The summed E-state index contributed by atoms with van der Waals surface area (Å²) in [7, 11) is 0. The van der Waals surface area contributed by atoms with Gasteiger partial charge in [0.1, 0.15) is 0 Å². The predicted octanol–water partition coefficient (Wildman–Crippen LogP) is 2.37. The summed E-state index contributed by atoms with van der Waals surface area (Å²) in [6.07, 6.45) is 11.1. The van der Waals surface area contributed by atoms with Gasteiger partial charge in [-0.05, 0) is 45.4 Å². The summed E-state index contributed by atoms with van der Waals surface area (Å²) < 4.78 is 6.28. The molecule has 1 spiro atoms. The first-order valence-corrected chi connectivity index (χ1v) is 7.71. The van der Waals surface area contributed by atoms with Gasteiger partial charge in [-0.25, -0.2) is 0 Å². The van der Waals surface area contributed by atoms with Crippen LogP contribution in [0.1, 0.15) is 64.7 Å². The van der Waals surface area contributed by atoms with Crippen LogP contribution in [-0.2, 0) is 4.74 Å². The summed E-state index contributed by atoms with van der Waals surface area (Å²) in [6, 6.07) is 0.669. The first-order chi connectivity index (χ1) is 8.57. The molecule has 0 aromatic heterocycles. The van der Waals surface area contributed by atoms with Crippen LogP contribution >= 0.6 is 0 Å². The SMILES string of the molecule is CC(O)(CNC1CC1)CC1CCC2(CCCC2)O1. The Morgan fingerprint density at radius 1 is 1.22 bits per heavy atom. The molecule has 2 N–H and O–H groups in total. The van der Waals surface area contributed by atoms with E-state index < -0.39 is 5.60 Å². The summed E-state index contributed by atoms with van der Waals surface area (Å²) in [5.41, 5.74) is -0.415. The Labute approximate surface area is 110 Å². The molecule has 104 valence electrons. The van der Waals surface area contributed by atoms with Crippen molar-refractivity contribution in [3.05, 3.63) is 0 Å². The molecule has 0 bridgehead atoms. The highest BCUT2D eigenvalue weighted by Crippen LogP contribution is 2.44. The molecule has 3 nitrogen and oxygen atoms in total. The Hall–Kier alpha value is -0.120. The van der Waals surface area contributed by atoms with Crippen molar-refractivity contribution in [3.63, 3.8) is 0 Å². The van der Waals surface area contributed by atoms with E-state index in [1.54, 1.807) is 0 Å². The highest BCUT2D eigenvalue weighted by atomic mass is 16.5. The van der Waals surface area contributed by atoms with Gasteiger partial charge in [0.05, 0.1) is 17.3 Å². The van der Waals surface area contributed by atoms with Crippen LogP contribution in [-0.4, -0.2) is 35.0 Å². The Bertz CT molecular complexity index is 293. The molecule has 2 saturated carbocycles. The number of aliphatic hydroxyl groups is 1. The molecule has 2 unspecified atom stereocenters. The number of nitrogens with one attached hydrogen (secondary N) is 1. The lowest BCUT2D eigenvalue weighted by atomic mass is 9.94. The Kier molecular flexibility index (Phi) is 3.41. The average molecular weight is 253 g/mol. The van der Waals surface area contributed by atoms with Gasteiger partial charge < -0.3 is 15.2 Å². The van der Waals surface area contributed by atoms with E-state index in [0.717, 1.165) is 12.8 Å². The van der Waals surface area contributed by atoms with Gasteiger partial charge in [-0.3, -0.25) is 0 Å². The van der Waals surface area contributed by atoms with Gasteiger partial charge in [-0.2, -0.15) is 0 Å². The molecule has 3 rings (SSSR count). The van der Waals surface area contributed by atoms with Crippen molar-refractivity contribution in [1.29, 1.82) is 0 Å². The van der Waals surface area contributed by atoms with E-state index in [0.29, 0.717) is 12.6 Å². The summed E-state index contributed by atoms with van der Waals surface area (Å²) in [4.78, 5) is 0. The molecule has 3 fully saturated rings. The molecule has 0 radical (unpaired) electrons. The van der Waals surface area contributed by atoms with E-state index in [2.05, 4.69) is 5.32 Å². The Morgan fingerprint density at radius 3 is 2.61 bits per heavy atom. The van der Waals surface area contributed by atoms with Gasteiger partial charge in [0, 0.05) is 19.0 Å². The highest BCUT2D eigenvalue weighted by Gasteiger charge is 2.43. The van der Waals surface area contributed by atoms with E-state index in [1.807, 2.05) is 6.92 Å². The number of hydrogen-bond donors (Lipinski definition) is 2. The van der Waals surface area contributed by atoms with E-state index in [1.165, 1.54) is 44.9 Å². The maximum absolute atomic E-state index is 10.4. The van der Waals surface area contributed by atoms with Crippen LogP contribution in [0.3, 0.4) is 0 Å². The summed E-state index contributed by atoms with van der Waals surface area (Å²) in [5, 5.41) is 13.9. The zero-order valence-electron chi connectivity index (χ0n) is 11.6. The van der Waals surface area contributed by atoms with Crippen LogP contribution in [0.5, 0.6) is 0 Å². The molecule has 1 saturated heterocycles. The standard InChI is InChI=1S/C15H27NO2/c1-14(17,11-16-12-4-5-12)10-13-6-9-15(18-13)7-2-3-8-15/h12-13,16-17H,2-11H2,1H3. The first kappa shape index (κ1) is 12.9. The third kappa shape index (κ3) is 3.06. The quantitative estimate of drug-likeness (QED) is 0.790. The van der Waals surface area contributed by atoms with Gasteiger partial charge in [0.2, 0.25) is 0 Å². The van der Waals surface area contributed by atoms with Crippen molar-refractivity contribution < 1.29 is 9.84 Å². The van der Waals surface area contributed by atoms with Crippen LogP contribution in [0.4, 0.5) is 0 Å². The summed E-state index contributed by atoms with van der Waals surface area (Å²) in [6.45, 7) is 2.66. The minimum Gasteiger partial charge on any atom is -0.389 e. The van der Waals surface area contributed by atoms with Gasteiger partial charge >= 0.3 is 0 Å². The molecule has 18 heavy (non-hydrogen) atoms. The smallest absolute Gasteiger partial charge is 0.0768 e. The zero-order chi connectivity index (χ0) is 12.6. The normalized spacial score (nSPS) is 34.0. The lowest BCUT2D eigenvalue weighted by Crippen LogP contribution is -2.41. The second-order valence-electron chi connectivity index (χ2n) is 7.02. The van der Waals surface area contributed by atoms with Crippen LogP contribution in [0.15, 0.2) is 0 Å². The Balaban J connectivity index is 1.46. The lowest BCUT2D eigenvalue weighted by Gasteiger charge is -2.29. The van der Waals surface area contributed by atoms with Gasteiger partial charge in [0.15, 0.2) is 0 Å². The fraction of sp³-hybridized carbons (Fsp3) is 1.00. The molecule has 3 aliphatic rings. The number of rotatable bonds is 5. The van der Waals surface area contributed by atoms with E-state index in [9.17, 15) is 5.11 Å². The highest BCUT2D eigenvalue weighted by molar-refractivity contribution is 4.95. The number of hydrogen-bond acceptors (Lipinski definition) is 3. The van der Waals surface area contributed by atoms with Gasteiger partial charge in [-0.1, -0.05) is 12.8 Å². The predicted molar refractivity (Wildman–Crippen MR) is 71.6 cm³/mol. The summed E-state index contributed by atoms with van der Waals surface area (Å²) in [5.74, 6) is 0. The summed E-state index contributed by atoms with van der Waals surface area (Å²) >= 11 is 0. The minimum absolute atomic E-state index is 0.199. The van der Waals surface area contributed by atoms with Crippen molar-refractivity contribution in [3.8, 4) is 0 Å². The number of ether oxygens (including phenoxy) is 1. The molecule has 1 heterocycles. The van der Waals surface area contributed by atoms with Crippen LogP contribution < -0.4 is 5.32 Å². The fourth-order valence-corrected chi connectivity index (χ4v) is 3.64. The Morgan fingerprint density at radius 2 is 1.94 bits per heavy atom. The maximum atomic E-state index is 10.4. The van der Waals surface area contributed by atoms with Gasteiger partial charge in [0.25, 0.3) is 0 Å². The monoisotopic (exact) mass is 253 g/mol. The molecule has 0 aromatic rings. The topological polar surface area (TPSA) is 41.5 Å². The fourth-order valence-electron chi connectivity index (χ4n) is 3.64. The van der Waals surface area contributed by atoms with Crippen molar-refractivity contribution in [1.82, 2.24) is 5.32 Å². The zero-order valence-corrected chi connectivity index (χ0v) is 11.6. The minimum atomic E-state index is -0.614. The van der Waals surface area contributed by atoms with Crippen molar-refractivity contribution in [2.45, 2.75) is 88.1 Å². The second-order valence-corrected chi connectivity index (χ2v) is 7.02. The molecule has 2 atom stereocenters. The van der Waals surface area contributed by atoms with Crippen LogP contribution in [0, 0.1) is 0 Å². The molecule has 1 aliphatic heterocycles. The van der Waals surface area contributed by atoms with Crippen molar-refractivity contribution in [2.75, 3.05) is 6.54 Å². The van der Waals surface area contributed by atoms with Crippen LogP contribution in [0.25, 0.3) is 0 Å². The molecular weight excluding hydrogens is 226 g/mol. The molecule has 3 heteroatoms. The third-order valence-corrected chi connectivity index (χ3v) is 4.87.